The average molecular weight is 316 g/mol. The van der Waals surface area contributed by atoms with E-state index in [-0.39, 0.29) is 0 Å². The Morgan fingerprint density at radius 1 is 0.812 bits per heavy atom. The molecule has 0 amide bonds. The Labute approximate surface area is 97.6 Å². The fraction of sp³-hybridized carbons (Fsp3) is 1.00. The van der Waals surface area contributed by atoms with Crippen LogP contribution in [0.2, 0.25) is 0 Å². The van der Waals surface area contributed by atoms with Gasteiger partial charge < -0.3 is 0 Å². The molecule has 1 heterocycles. The van der Waals surface area contributed by atoms with E-state index >= 15 is 0 Å². The lowest BCUT2D eigenvalue weighted by atomic mass is 11.3. The van der Waals surface area contributed by atoms with Gasteiger partial charge in [0.2, 0.25) is 0 Å². The second-order valence-corrected chi connectivity index (χ2v) is 11.3. The summed E-state index contributed by atoms with van der Waals surface area (Å²) in [4.78, 5) is 0. The third-order valence-electron chi connectivity index (χ3n) is 1.69. The van der Waals surface area contributed by atoms with Gasteiger partial charge in [-0.25, -0.2) is 9.34 Å². The fourth-order valence-electron chi connectivity index (χ4n) is 0.792. The van der Waals surface area contributed by atoms with Crippen molar-refractivity contribution in [1.29, 1.82) is 0 Å². The molecule has 1 rings (SSSR count). The van der Waals surface area contributed by atoms with Gasteiger partial charge in [-0.3, -0.25) is 0 Å². The first-order chi connectivity index (χ1) is 7.01. The molecule has 0 aliphatic carbocycles. The van der Waals surface area contributed by atoms with Crippen molar-refractivity contribution in [3.8, 4) is 0 Å². The van der Waals surface area contributed by atoms with Crippen LogP contribution in [-0.2, 0) is 0 Å². The molecule has 1 aliphatic heterocycles. The molecular formula is C4H12ClF3N5P3. The molecule has 0 aromatic carbocycles. The monoisotopic (exact) mass is 315 g/mol. The van der Waals surface area contributed by atoms with Crippen LogP contribution in [0.5, 0.6) is 0 Å². The Morgan fingerprint density at radius 3 is 1.56 bits per heavy atom. The first-order valence-corrected chi connectivity index (χ1v) is 9.63. The molecule has 3 atom stereocenters. The van der Waals surface area contributed by atoms with Crippen molar-refractivity contribution >= 4 is 33.4 Å². The first-order valence-electron chi connectivity index (χ1n) is 4.06. The minimum Gasteiger partial charge on any atom is -0.232 e. The second-order valence-electron chi connectivity index (χ2n) is 3.41. The van der Waals surface area contributed by atoms with Crippen molar-refractivity contribution in [2.24, 2.45) is 13.5 Å². The van der Waals surface area contributed by atoms with Gasteiger partial charge in [0.15, 0.2) is 0 Å². The zero-order chi connectivity index (χ0) is 12.8. The number of halogens is 4. The third-order valence-corrected chi connectivity index (χ3v) is 10.3. The molecule has 0 radical (unpaired) electrons. The SMILES string of the molecule is CN(C)P1(F)=NP(F)(Cl)=NP(F)(N(C)C)=N1. The predicted octanol–water partition coefficient (Wildman–Crippen LogP) is 5.11. The highest BCUT2D eigenvalue weighted by Crippen LogP contribution is 2.82. The van der Waals surface area contributed by atoms with Gasteiger partial charge in [0, 0.05) is 0 Å². The zero-order valence-electron chi connectivity index (χ0n) is 9.09. The standard InChI is InChI=1S/C4H12ClF3N5P3/c1-12(2)15(7)9-14(5,6)10-16(8,11-15)13(3)4/h1-4H3. The Kier molecular flexibility index (Phi) is 4.07. The molecule has 0 saturated carbocycles. The van der Waals surface area contributed by atoms with E-state index in [1.807, 2.05) is 0 Å². The summed E-state index contributed by atoms with van der Waals surface area (Å²) in [6.07, 6.45) is 0. The fourth-order valence-corrected chi connectivity index (χ4v) is 9.65. The highest BCUT2D eigenvalue weighted by molar-refractivity contribution is 7.94. The summed E-state index contributed by atoms with van der Waals surface area (Å²) in [5.41, 5.74) is 0. The molecule has 1 aliphatic rings. The minimum absolute atomic E-state index is 0.955. The van der Waals surface area contributed by atoms with Crippen molar-refractivity contribution in [2.75, 3.05) is 28.2 Å². The topological polar surface area (TPSA) is 43.6 Å². The molecule has 12 heteroatoms. The van der Waals surface area contributed by atoms with Crippen molar-refractivity contribution in [3.05, 3.63) is 0 Å². The summed E-state index contributed by atoms with van der Waals surface area (Å²) in [6, 6.07) is 0. The zero-order valence-corrected chi connectivity index (χ0v) is 12.5. The number of rotatable bonds is 2. The molecule has 0 bridgehead atoms. The minimum atomic E-state index is -4.29. The average Bonchev–Trinajstić information content (AvgIpc) is 1.98. The molecule has 0 aromatic rings. The maximum absolute atomic E-state index is 14.2. The Morgan fingerprint density at radius 2 is 1.19 bits per heavy atom. The van der Waals surface area contributed by atoms with Crippen molar-refractivity contribution in [2.45, 2.75) is 0 Å². The Bertz CT molecular complexity index is 440. The van der Waals surface area contributed by atoms with Gasteiger partial charge >= 0.3 is 22.2 Å². The summed E-state index contributed by atoms with van der Waals surface area (Å²) in [6.45, 7) is -4.29. The second kappa shape index (κ2) is 4.42. The van der Waals surface area contributed by atoms with E-state index in [0.717, 1.165) is 9.34 Å². The highest BCUT2D eigenvalue weighted by Gasteiger charge is 2.39. The van der Waals surface area contributed by atoms with E-state index in [9.17, 15) is 12.6 Å². The van der Waals surface area contributed by atoms with E-state index in [2.05, 4.69) is 13.5 Å². The summed E-state index contributed by atoms with van der Waals surface area (Å²) in [7, 11) is -2.90. The summed E-state index contributed by atoms with van der Waals surface area (Å²) >= 11 is 5.30. The van der Waals surface area contributed by atoms with Gasteiger partial charge in [0.1, 0.15) is 0 Å². The van der Waals surface area contributed by atoms with Gasteiger partial charge in [-0.2, -0.15) is 26.1 Å². The lowest BCUT2D eigenvalue weighted by Crippen LogP contribution is -2.08. The van der Waals surface area contributed by atoms with Crippen LogP contribution in [-0.4, -0.2) is 37.5 Å². The third kappa shape index (κ3) is 2.92. The largest absolute Gasteiger partial charge is 0.340 e. The molecule has 0 saturated heterocycles. The van der Waals surface area contributed by atoms with Crippen LogP contribution in [0.25, 0.3) is 0 Å². The molecule has 96 valence electrons. The van der Waals surface area contributed by atoms with Crippen LogP contribution in [0.4, 0.5) is 12.6 Å². The van der Waals surface area contributed by atoms with E-state index in [4.69, 9.17) is 11.2 Å². The molecule has 16 heavy (non-hydrogen) atoms. The smallest absolute Gasteiger partial charge is 0.232 e. The highest BCUT2D eigenvalue weighted by atomic mass is 35.7. The maximum atomic E-state index is 14.2. The van der Waals surface area contributed by atoms with E-state index in [0.29, 0.717) is 0 Å². The Balaban J connectivity index is 3.56. The van der Waals surface area contributed by atoms with Gasteiger partial charge in [-0.1, -0.05) is 0 Å². The molecule has 0 aromatic heterocycles. The van der Waals surface area contributed by atoms with Crippen molar-refractivity contribution in [3.63, 3.8) is 0 Å². The van der Waals surface area contributed by atoms with Crippen molar-refractivity contribution < 1.29 is 12.6 Å². The molecule has 3 unspecified atom stereocenters. The van der Waals surface area contributed by atoms with E-state index < -0.39 is 22.2 Å². The molecule has 0 fully saturated rings. The van der Waals surface area contributed by atoms with Gasteiger partial charge in [0.05, 0.1) is 0 Å². The molecule has 0 spiro atoms. The van der Waals surface area contributed by atoms with E-state index in [1.165, 1.54) is 28.2 Å². The number of hydrogen-bond donors (Lipinski definition) is 0. The number of hydrogen-bond acceptors (Lipinski definition) is 5. The quantitative estimate of drug-likeness (QED) is 0.665. The lowest BCUT2D eigenvalue weighted by molar-refractivity contribution is 0.593. The summed E-state index contributed by atoms with van der Waals surface area (Å²) in [5, 5.41) is 0. The normalized spacial score (nSPS) is 43.9. The van der Waals surface area contributed by atoms with Crippen LogP contribution in [0, 0.1) is 0 Å². The first kappa shape index (κ1) is 14.7. The molecule has 0 N–H and O–H groups in total. The van der Waals surface area contributed by atoms with Crippen molar-refractivity contribution in [1.82, 2.24) is 9.34 Å². The van der Waals surface area contributed by atoms with Gasteiger partial charge in [-0.05, 0) is 39.4 Å². The molecule has 5 nitrogen and oxygen atoms in total. The summed E-state index contributed by atoms with van der Waals surface area (Å²) < 4.78 is 53.4. The van der Waals surface area contributed by atoms with Crippen LogP contribution in [0.15, 0.2) is 13.5 Å². The van der Waals surface area contributed by atoms with Crippen LogP contribution in [0.1, 0.15) is 0 Å². The summed E-state index contributed by atoms with van der Waals surface area (Å²) in [5.74, 6) is 0. The van der Waals surface area contributed by atoms with Crippen LogP contribution in [0.3, 0.4) is 0 Å². The predicted molar refractivity (Wildman–Crippen MR) is 64.6 cm³/mol. The van der Waals surface area contributed by atoms with E-state index in [1.54, 1.807) is 0 Å². The number of nitrogens with zero attached hydrogens (tertiary/aromatic N) is 5. The Hall–Kier alpha value is 0.690. The van der Waals surface area contributed by atoms with Crippen LogP contribution >= 0.6 is 33.4 Å². The lowest BCUT2D eigenvalue weighted by Gasteiger charge is -2.27. The van der Waals surface area contributed by atoms with Crippen LogP contribution < -0.4 is 0 Å². The van der Waals surface area contributed by atoms with Gasteiger partial charge in [-0.15, -0.1) is 0 Å². The van der Waals surface area contributed by atoms with Gasteiger partial charge in [0.25, 0.3) is 0 Å². The maximum Gasteiger partial charge on any atom is 0.340 e. The molecular weight excluding hydrogens is 303 g/mol.